The Morgan fingerprint density at radius 3 is 1.14 bits per heavy atom. The van der Waals surface area contributed by atoms with Crippen LogP contribution >= 0.6 is 0 Å². The molecule has 1 spiro atoms. The molecular weight excluding hydrogens is 197 g/mol. The highest BCUT2D eigenvalue weighted by Crippen LogP contribution is 2.25. The molecule has 0 aromatic heterocycles. The van der Waals surface area contributed by atoms with E-state index in [-0.39, 0.29) is 4.70 Å². The molecule has 0 radical (unpaired) electrons. The van der Waals surface area contributed by atoms with Gasteiger partial charge in [0.1, 0.15) is 0 Å². The molecule has 0 N–H and O–H groups in total. The molecule has 0 aromatic carbocycles. The summed E-state index contributed by atoms with van der Waals surface area (Å²) in [6.45, 7) is 6.00. The van der Waals surface area contributed by atoms with E-state index in [1.165, 1.54) is 56.3 Å². The summed E-state index contributed by atoms with van der Waals surface area (Å²) >= 11 is 0. The van der Waals surface area contributed by atoms with Crippen molar-refractivity contribution < 1.29 is 22.1 Å². The minimum atomic E-state index is -3.67. The summed E-state index contributed by atoms with van der Waals surface area (Å²) in [5.74, 6) is 0. The van der Waals surface area contributed by atoms with E-state index in [9.17, 15) is 12.9 Å². The van der Waals surface area contributed by atoms with Crippen molar-refractivity contribution in [2.24, 2.45) is 0 Å². The smallest absolute Gasteiger partial charge is 0.762 e. The van der Waals surface area contributed by atoms with Crippen molar-refractivity contribution in [2.75, 3.05) is 26.2 Å². The summed E-state index contributed by atoms with van der Waals surface area (Å²) in [4.78, 5) is 0. The fraction of sp³-hybridized carbons (Fsp3) is 1.00. The van der Waals surface area contributed by atoms with Crippen molar-refractivity contribution in [1.29, 1.82) is 0 Å². The second-order valence-corrected chi connectivity index (χ2v) is 3.90. The van der Waals surface area contributed by atoms with Gasteiger partial charge in [-0.05, 0) is 0 Å². The Balaban J connectivity index is 0.000000299. The Hall–Kier alpha value is -0.255. The topological polar surface area (TPSA) is 0 Å². The molecule has 6 heteroatoms. The maximum absolute atomic E-state index is 9.67. The van der Waals surface area contributed by atoms with Crippen molar-refractivity contribution in [1.82, 2.24) is 0 Å². The lowest BCUT2D eigenvalue weighted by atomic mass is 10.4. The predicted molar refractivity (Wildman–Crippen MR) is 47.3 cm³/mol. The van der Waals surface area contributed by atoms with Crippen molar-refractivity contribution in [3.63, 3.8) is 0 Å². The van der Waals surface area contributed by atoms with Crippen molar-refractivity contribution in [3.8, 4) is 0 Å². The minimum absolute atomic E-state index is 0. The van der Waals surface area contributed by atoms with Gasteiger partial charge < -0.3 is 9.19 Å². The van der Waals surface area contributed by atoms with Gasteiger partial charge in [-0.15, -0.1) is 0 Å². The van der Waals surface area contributed by atoms with Gasteiger partial charge in [0.15, 0.2) is 0 Å². The molecular formula is C8H16BF4N. The normalized spacial score (nSPS) is 22.5. The van der Waals surface area contributed by atoms with Crippen LogP contribution in [0.5, 0.6) is 0 Å². The Kier molecular flexibility index (Phi) is 6.16. The monoisotopic (exact) mass is 213 g/mol. The second-order valence-electron chi connectivity index (χ2n) is 3.90. The highest BCUT2D eigenvalue weighted by atomic mass is 19.4. The number of hydrogen-bond acceptors (Lipinski definition) is 0. The van der Waals surface area contributed by atoms with Crippen LogP contribution < -0.4 is 4.70 Å². The molecule has 0 aliphatic carbocycles. The SMILES string of the molecule is C1CC[N+]2(C1)CCCC2.FB(F)F.[F-]. The van der Waals surface area contributed by atoms with Crippen molar-refractivity contribution in [2.45, 2.75) is 25.7 Å². The Morgan fingerprint density at radius 2 is 0.929 bits per heavy atom. The van der Waals surface area contributed by atoms with Gasteiger partial charge in [0.2, 0.25) is 0 Å². The maximum Gasteiger partial charge on any atom is 0.762 e. The van der Waals surface area contributed by atoms with Gasteiger partial charge in [0.25, 0.3) is 0 Å². The van der Waals surface area contributed by atoms with Crippen LogP contribution in [-0.2, 0) is 0 Å². The number of hydrogen-bond donors (Lipinski definition) is 0. The standard InChI is InChI=1S/C8H16N.BF3.FH/c1-2-6-9(5-1)7-3-4-8-9;2-1(3)4;/h1-8H2;;1H/q+1;;/p-1. The highest BCUT2D eigenvalue weighted by Gasteiger charge is 2.34. The molecule has 2 aliphatic heterocycles. The summed E-state index contributed by atoms with van der Waals surface area (Å²) < 4.78 is 30.5. The maximum atomic E-state index is 9.67. The summed E-state index contributed by atoms with van der Waals surface area (Å²) in [5.41, 5.74) is 0. The minimum Gasteiger partial charge on any atom is -1.00 e. The van der Waals surface area contributed by atoms with Gasteiger partial charge in [-0.25, -0.2) is 0 Å². The fourth-order valence-corrected chi connectivity index (χ4v) is 2.46. The largest absolute Gasteiger partial charge is 1.00 e. The number of quaternary nitrogens is 1. The van der Waals surface area contributed by atoms with E-state index >= 15 is 0 Å². The summed E-state index contributed by atoms with van der Waals surface area (Å²) in [6, 6.07) is 0. The van der Waals surface area contributed by atoms with Crippen LogP contribution in [-0.4, -0.2) is 38.2 Å². The van der Waals surface area contributed by atoms with E-state index in [1.54, 1.807) is 0 Å². The Morgan fingerprint density at radius 1 is 0.714 bits per heavy atom. The zero-order chi connectivity index (χ0) is 9.73. The van der Waals surface area contributed by atoms with Gasteiger partial charge in [-0.2, -0.15) is 0 Å². The van der Waals surface area contributed by atoms with E-state index in [1.807, 2.05) is 0 Å². The average Bonchev–Trinajstić information content (AvgIpc) is 2.63. The van der Waals surface area contributed by atoms with Crippen LogP contribution in [0.4, 0.5) is 12.9 Å². The first kappa shape index (κ1) is 13.7. The third-order valence-corrected chi connectivity index (χ3v) is 3.03. The molecule has 14 heavy (non-hydrogen) atoms. The second kappa shape index (κ2) is 6.27. The average molecular weight is 213 g/mol. The first-order chi connectivity index (χ1) is 6.15. The quantitative estimate of drug-likeness (QED) is 0.283. The number of halogens is 4. The molecule has 0 saturated carbocycles. The lowest BCUT2D eigenvalue weighted by Gasteiger charge is -2.27. The molecule has 0 bridgehead atoms. The molecule has 0 unspecified atom stereocenters. The van der Waals surface area contributed by atoms with E-state index in [0.29, 0.717) is 0 Å². The third-order valence-electron chi connectivity index (χ3n) is 3.03. The van der Waals surface area contributed by atoms with Gasteiger partial charge in [0, 0.05) is 25.7 Å². The molecule has 2 aliphatic rings. The van der Waals surface area contributed by atoms with E-state index in [2.05, 4.69) is 0 Å². The van der Waals surface area contributed by atoms with Gasteiger partial charge in [0.05, 0.1) is 26.2 Å². The molecule has 2 saturated heterocycles. The Labute approximate surface area is 82.5 Å². The first-order valence-electron chi connectivity index (χ1n) is 4.92. The lowest BCUT2D eigenvalue weighted by Crippen LogP contribution is -3.00. The van der Waals surface area contributed by atoms with Crippen molar-refractivity contribution >= 4 is 7.54 Å². The van der Waals surface area contributed by atoms with Crippen LogP contribution in [0.1, 0.15) is 25.7 Å². The molecule has 84 valence electrons. The summed E-state index contributed by atoms with van der Waals surface area (Å²) in [6.07, 6.45) is 6.00. The molecule has 2 heterocycles. The van der Waals surface area contributed by atoms with E-state index in [4.69, 9.17) is 0 Å². The van der Waals surface area contributed by atoms with Crippen LogP contribution in [0.3, 0.4) is 0 Å². The zero-order valence-electron chi connectivity index (χ0n) is 8.19. The Bertz CT molecular complexity index is 124. The fourth-order valence-electron chi connectivity index (χ4n) is 2.46. The van der Waals surface area contributed by atoms with Gasteiger partial charge in [-0.1, -0.05) is 0 Å². The summed E-state index contributed by atoms with van der Waals surface area (Å²) in [7, 11) is -3.67. The molecule has 0 aromatic rings. The van der Waals surface area contributed by atoms with Gasteiger partial charge in [-0.3, -0.25) is 12.9 Å². The number of rotatable bonds is 0. The third kappa shape index (κ3) is 4.31. The van der Waals surface area contributed by atoms with Crippen LogP contribution in [0.25, 0.3) is 0 Å². The number of nitrogens with zero attached hydrogens (tertiary/aromatic N) is 1. The van der Waals surface area contributed by atoms with E-state index < -0.39 is 7.54 Å². The molecule has 2 rings (SSSR count). The summed E-state index contributed by atoms with van der Waals surface area (Å²) in [5, 5.41) is 0. The molecule has 0 amide bonds. The van der Waals surface area contributed by atoms with Gasteiger partial charge >= 0.3 is 7.54 Å². The molecule has 1 nitrogen and oxygen atoms in total. The highest BCUT2D eigenvalue weighted by molar-refractivity contribution is 6.33. The lowest BCUT2D eigenvalue weighted by molar-refractivity contribution is -0.904. The van der Waals surface area contributed by atoms with Crippen molar-refractivity contribution in [3.05, 3.63) is 0 Å². The van der Waals surface area contributed by atoms with E-state index in [0.717, 1.165) is 0 Å². The zero-order valence-corrected chi connectivity index (χ0v) is 8.19. The van der Waals surface area contributed by atoms with Crippen LogP contribution in [0, 0.1) is 0 Å². The first-order valence-corrected chi connectivity index (χ1v) is 4.92. The molecule has 0 atom stereocenters. The van der Waals surface area contributed by atoms with Crippen LogP contribution in [0.15, 0.2) is 0 Å². The predicted octanol–water partition coefficient (Wildman–Crippen LogP) is -0.725. The molecule has 2 fully saturated rings. The van der Waals surface area contributed by atoms with Crippen LogP contribution in [0.2, 0.25) is 0 Å².